The molecule has 5 rings (SSSR count). The van der Waals surface area contributed by atoms with Crippen LogP contribution in [-0.2, 0) is 19.5 Å². The van der Waals surface area contributed by atoms with Gasteiger partial charge in [-0.3, -0.25) is 9.88 Å². The first-order valence-corrected chi connectivity index (χ1v) is 12.0. The highest BCUT2D eigenvalue weighted by Gasteiger charge is 2.25. The quantitative estimate of drug-likeness (QED) is 0.389. The van der Waals surface area contributed by atoms with E-state index in [9.17, 15) is 5.26 Å². The van der Waals surface area contributed by atoms with Gasteiger partial charge in [-0.1, -0.05) is 0 Å². The molecule has 0 saturated heterocycles. The van der Waals surface area contributed by atoms with Gasteiger partial charge in [0, 0.05) is 44.1 Å². The number of rotatable bonds is 6. The molecule has 37 heavy (non-hydrogen) atoms. The van der Waals surface area contributed by atoms with E-state index in [4.69, 9.17) is 20.0 Å². The van der Waals surface area contributed by atoms with Gasteiger partial charge in [-0.05, 0) is 79.1 Å². The molecule has 1 N–H and O–H groups in total. The Labute approximate surface area is 215 Å². The smallest absolute Gasteiger partial charge is 0.230 e. The van der Waals surface area contributed by atoms with E-state index in [-0.39, 0.29) is 0 Å². The van der Waals surface area contributed by atoms with Crippen molar-refractivity contribution >= 4 is 11.6 Å². The first-order chi connectivity index (χ1) is 18.0. The summed E-state index contributed by atoms with van der Waals surface area (Å²) in [6.45, 7) is 6.17. The molecule has 4 aromatic rings. The molecular formula is C29H25N7O. The molecule has 2 aromatic carbocycles. The highest BCUT2D eigenvalue weighted by Crippen LogP contribution is 2.35. The summed E-state index contributed by atoms with van der Waals surface area (Å²) < 4.78 is 6.47. The summed E-state index contributed by atoms with van der Waals surface area (Å²) >= 11 is 0. The molecule has 0 radical (unpaired) electrons. The highest BCUT2D eigenvalue weighted by atomic mass is 16.5. The molecule has 182 valence electrons. The van der Waals surface area contributed by atoms with Crippen LogP contribution in [0.25, 0.3) is 0 Å². The van der Waals surface area contributed by atoms with Crippen molar-refractivity contribution in [3.63, 3.8) is 0 Å². The van der Waals surface area contributed by atoms with Gasteiger partial charge in [0.05, 0.1) is 34.5 Å². The third-order valence-corrected chi connectivity index (χ3v) is 6.32. The van der Waals surface area contributed by atoms with E-state index in [0.29, 0.717) is 35.2 Å². The number of pyridine rings is 1. The van der Waals surface area contributed by atoms with Crippen LogP contribution in [0.2, 0.25) is 0 Å². The molecule has 2 aromatic heterocycles. The number of anilines is 2. The Kier molecular flexibility index (Phi) is 6.76. The van der Waals surface area contributed by atoms with Crippen LogP contribution in [0.3, 0.4) is 0 Å². The summed E-state index contributed by atoms with van der Waals surface area (Å²) in [5, 5.41) is 21.7. The number of nitriles is 2. The van der Waals surface area contributed by atoms with Gasteiger partial charge < -0.3 is 10.1 Å². The highest BCUT2D eigenvalue weighted by molar-refractivity contribution is 5.57. The SMILES string of the molecule is Cc1cc(C#N)cc(C)c1Oc1nc(Nc2ccc(C#N)cc2)nc2c1CN(Cc1ccncc1)CC2. The van der Waals surface area contributed by atoms with Gasteiger partial charge in [0.2, 0.25) is 11.8 Å². The van der Waals surface area contributed by atoms with E-state index in [2.05, 4.69) is 27.3 Å². The number of hydrogen-bond donors (Lipinski definition) is 1. The van der Waals surface area contributed by atoms with E-state index in [0.717, 1.165) is 47.6 Å². The average Bonchev–Trinajstić information content (AvgIpc) is 2.91. The summed E-state index contributed by atoms with van der Waals surface area (Å²) in [5.41, 5.74) is 6.79. The fraction of sp³-hybridized carbons (Fsp3) is 0.207. The van der Waals surface area contributed by atoms with Crippen molar-refractivity contribution < 1.29 is 4.74 Å². The molecule has 0 atom stereocenters. The van der Waals surface area contributed by atoms with Crippen molar-refractivity contribution in [2.45, 2.75) is 33.4 Å². The Balaban J connectivity index is 1.50. The lowest BCUT2D eigenvalue weighted by molar-refractivity contribution is 0.238. The minimum atomic E-state index is 0.435. The van der Waals surface area contributed by atoms with Crippen LogP contribution in [0.1, 0.15) is 39.1 Å². The molecule has 0 spiro atoms. The predicted octanol–water partition coefficient (Wildman–Crippen LogP) is 5.33. The Morgan fingerprint density at radius 1 is 0.946 bits per heavy atom. The van der Waals surface area contributed by atoms with Crippen LogP contribution in [0, 0.1) is 36.5 Å². The maximum absolute atomic E-state index is 9.34. The van der Waals surface area contributed by atoms with E-state index >= 15 is 0 Å². The zero-order valence-corrected chi connectivity index (χ0v) is 20.7. The van der Waals surface area contributed by atoms with Gasteiger partial charge in [-0.25, -0.2) is 4.98 Å². The van der Waals surface area contributed by atoms with Gasteiger partial charge >= 0.3 is 0 Å². The fourth-order valence-corrected chi connectivity index (χ4v) is 4.49. The van der Waals surface area contributed by atoms with Crippen molar-refractivity contribution in [1.29, 1.82) is 10.5 Å². The normalized spacial score (nSPS) is 12.8. The molecule has 0 unspecified atom stereocenters. The second-order valence-corrected chi connectivity index (χ2v) is 9.06. The van der Waals surface area contributed by atoms with Crippen LogP contribution in [-0.4, -0.2) is 26.4 Å². The zero-order chi connectivity index (χ0) is 25.8. The van der Waals surface area contributed by atoms with E-state index in [1.807, 2.05) is 62.6 Å². The molecular weight excluding hydrogens is 462 g/mol. The number of ether oxygens (including phenoxy) is 1. The van der Waals surface area contributed by atoms with Crippen LogP contribution in [0.15, 0.2) is 60.9 Å². The topological polar surface area (TPSA) is 111 Å². The predicted molar refractivity (Wildman–Crippen MR) is 139 cm³/mol. The van der Waals surface area contributed by atoms with Crippen LogP contribution in [0.5, 0.6) is 11.6 Å². The lowest BCUT2D eigenvalue weighted by Gasteiger charge is -2.29. The largest absolute Gasteiger partial charge is 0.438 e. The Morgan fingerprint density at radius 2 is 1.65 bits per heavy atom. The molecule has 3 heterocycles. The zero-order valence-electron chi connectivity index (χ0n) is 20.7. The molecule has 0 amide bonds. The second kappa shape index (κ2) is 10.4. The maximum atomic E-state index is 9.34. The van der Waals surface area contributed by atoms with Gasteiger partial charge in [-0.15, -0.1) is 0 Å². The Bertz CT molecular complexity index is 1500. The Hall–Kier alpha value is -4.79. The van der Waals surface area contributed by atoms with Gasteiger partial charge in [0.15, 0.2) is 0 Å². The second-order valence-electron chi connectivity index (χ2n) is 9.06. The molecule has 8 heteroatoms. The van der Waals surface area contributed by atoms with Crippen LogP contribution >= 0.6 is 0 Å². The van der Waals surface area contributed by atoms with Gasteiger partial charge in [0.1, 0.15) is 5.75 Å². The molecule has 0 bridgehead atoms. The standard InChI is InChI=1S/C29H25N7O/c1-19-13-23(16-31)14-20(2)27(19)37-28-25-18-36(17-22-7-10-32-11-8-22)12-9-26(25)34-29(35-28)33-24-5-3-21(15-30)4-6-24/h3-8,10-11,13-14H,9,12,17-18H2,1-2H3,(H,33,34,35). The number of benzene rings is 2. The summed E-state index contributed by atoms with van der Waals surface area (Å²) in [7, 11) is 0. The number of aryl methyl sites for hydroxylation is 2. The van der Waals surface area contributed by atoms with Crippen molar-refractivity contribution in [3.8, 4) is 23.8 Å². The molecule has 0 fully saturated rings. The molecule has 1 aliphatic heterocycles. The summed E-state index contributed by atoms with van der Waals surface area (Å²) in [4.78, 5) is 16.1. The summed E-state index contributed by atoms with van der Waals surface area (Å²) in [6, 6.07) is 19.2. The number of nitrogens with zero attached hydrogens (tertiary/aromatic N) is 6. The van der Waals surface area contributed by atoms with Crippen molar-refractivity contribution in [2.24, 2.45) is 0 Å². The Morgan fingerprint density at radius 3 is 2.32 bits per heavy atom. The molecule has 0 aliphatic carbocycles. The maximum Gasteiger partial charge on any atom is 0.230 e. The first-order valence-electron chi connectivity index (χ1n) is 12.0. The van der Waals surface area contributed by atoms with E-state index in [1.54, 1.807) is 12.1 Å². The van der Waals surface area contributed by atoms with Crippen molar-refractivity contribution in [1.82, 2.24) is 19.9 Å². The lowest BCUT2D eigenvalue weighted by Crippen LogP contribution is -2.31. The monoisotopic (exact) mass is 487 g/mol. The lowest BCUT2D eigenvalue weighted by atomic mass is 10.0. The number of fused-ring (bicyclic) bond motifs is 1. The van der Waals surface area contributed by atoms with Crippen molar-refractivity contribution in [2.75, 3.05) is 11.9 Å². The third-order valence-electron chi connectivity index (χ3n) is 6.32. The minimum Gasteiger partial charge on any atom is -0.438 e. The number of aromatic nitrogens is 3. The fourth-order valence-electron chi connectivity index (χ4n) is 4.49. The van der Waals surface area contributed by atoms with Crippen LogP contribution in [0.4, 0.5) is 11.6 Å². The first kappa shape index (κ1) is 23.9. The summed E-state index contributed by atoms with van der Waals surface area (Å²) in [5.74, 6) is 1.62. The molecule has 8 nitrogen and oxygen atoms in total. The number of nitrogens with one attached hydrogen (secondary N) is 1. The van der Waals surface area contributed by atoms with Crippen molar-refractivity contribution in [3.05, 3.63) is 100.0 Å². The third kappa shape index (κ3) is 5.40. The van der Waals surface area contributed by atoms with Gasteiger partial charge in [-0.2, -0.15) is 15.5 Å². The van der Waals surface area contributed by atoms with E-state index < -0.39 is 0 Å². The van der Waals surface area contributed by atoms with E-state index in [1.165, 1.54) is 5.56 Å². The molecule has 0 saturated carbocycles. The number of hydrogen-bond acceptors (Lipinski definition) is 8. The summed E-state index contributed by atoms with van der Waals surface area (Å²) in [6.07, 6.45) is 4.37. The van der Waals surface area contributed by atoms with Gasteiger partial charge in [0.25, 0.3) is 0 Å². The molecule has 1 aliphatic rings. The minimum absolute atomic E-state index is 0.435. The average molecular weight is 488 g/mol. The van der Waals surface area contributed by atoms with Crippen LogP contribution < -0.4 is 10.1 Å².